The fraction of sp³-hybridized carbons (Fsp3) is 0.263. The van der Waals surface area contributed by atoms with E-state index in [4.69, 9.17) is 14.6 Å². The first-order valence-electron chi connectivity index (χ1n) is 7.83. The molecule has 0 saturated carbocycles. The number of amides is 1. The number of hydrogen-bond acceptors (Lipinski definition) is 4. The molecular formula is C19H21NO5. The summed E-state index contributed by atoms with van der Waals surface area (Å²) < 4.78 is 10.8. The maximum atomic E-state index is 12.2. The van der Waals surface area contributed by atoms with E-state index < -0.39 is 5.97 Å². The Balaban J connectivity index is 1.93. The van der Waals surface area contributed by atoms with Crippen LogP contribution in [-0.2, 0) is 0 Å². The second-order valence-electron chi connectivity index (χ2n) is 5.71. The summed E-state index contributed by atoms with van der Waals surface area (Å²) in [5, 5.41) is 11.8. The van der Waals surface area contributed by atoms with Crippen molar-refractivity contribution in [2.45, 2.75) is 20.0 Å². The Morgan fingerprint density at radius 3 is 2.28 bits per heavy atom. The van der Waals surface area contributed by atoms with E-state index in [-0.39, 0.29) is 17.6 Å². The summed E-state index contributed by atoms with van der Waals surface area (Å²) in [7, 11) is 1.59. The normalized spacial score (nSPS) is 11.5. The molecule has 0 aliphatic heterocycles. The number of carboxylic acids is 1. The molecule has 0 spiro atoms. The molecule has 2 aromatic carbocycles. The van der Waals surface area contributed by atoms with Gasteiger partial charge in [0.25, 0.3) is 5.91 Å². The van der Waals surface area contributed by atoms with Gasteiger partial charge in [-0.1, -0.05) is 0 Å². The molecule has 0 aliphatic carbocycles. The lowest BCUT2D eigenvalue weighted by Crippen LogP contribution is -2.33. The molecule has 0 aromatic heterocycles. The second kappa shape index (κ2) is 8.19. The number of benzene rings is 2. The number of methoxy groups -OCH3 is 1. The fourth-order valence-electron chi connectivity index (χ4n) is 2.30. The van der Waals surface area contributed by atoms with Gasteiger partial charge in [-0.05, 0) is 61.9 Å². The van der Waals surface area contributed by atoms with Gasteiger partial charge in [0.05, 0.1) is 19.2 Å². The third-order valence-electron chi connectivity index (χ3n) is 3.53. The maximum Gasteiger partial charge on any atom is 0.335 e. The molecule has 1 unspecified atom stereocenters. The first-order valence-corrected chi connectivity index (χ1v) is 7.83. The van der Waals surface area contributed by atoms with Crippen molar-refractivity contribution in [3.63, 3.8) is 0 Å². The first kappa shape index (κ1) is 18.3. The summed E-state index contributed by atoms with van der Waals surface area (Å²) in [5.74, 6) is 0.0126. The van der Waals surface area contributed by atoms with Gasteiger partial charge in [0.15, 0.2) is 0 Å². The van der Waals surface area contributed by atoms with Gasteiger partial charge in [-0.2, -0.15) is 0 Å². The predicted molar refractivity (Wildman–Crippen MR) is 93.6 cm³/mol. The highest BCUT2D eigenvalue weighted by Crippen LogP contribution is 2.18. The molecule has 0 aliphatic rings. The summed E-state index contributed by atoms with van der Waals surface area (Å²) in [6.07, 6.45) is -0.249. The first-order chi connectivity index (χ1) is 11.9. The predicted octanol–water partition coefficient (Wildman–Crippen LogP) is 2.90. The zero-order valence-corrected chi connectivity index (χ0v) is 14.4. The molecule has 0 fully saturated rings. The largest absolute Gasteiger partial charge is 0.497 e. The monoisotopic (exact) mass is 343 g/mol. The van der Waals surface area contributed by atoms with Gasteiger partial charge >= 0.3 is 5.97 Å². The molecule has 2 N–H and O–H groups in total. The van der Waals surface area contributed by atoms with Gasteiger partial charge in [-0.15, -0.1) is 0 Å². The molecule has 1 atom stereocenters. The fourth-order valence-corrected chi connectivity index (χ4v) is 2.30. The van der Waals surface area contributed by atoms with E-state index >= 15 is 0 Å². The summed E-state index contributed by atoms with van der Waals surface area (Å²) in [6.45, 7) is 3.88. The smallest absolute Gasteiger partial charge is 0.335 e. The van der Waals surface area contributed by atoms with Gasteiger partial charge in [0.2, 0.25) is 0 Å². The van der Waals surface area contributed by atoms with Crippen molar-refractivity contribution in [2.75, 3.05) is 13.7 Å². The van der Waals surface area contributed by atoms with Crippen LogP contribution in [0.25, 0.3) is 0 Å². The Kier molecular flexibility index (Phi) is 6.00. The van der Waals surface area contributed by atoms with E-state index in [1.54, 1.807) is 44.4 Å². The van der Waals surface area contributed by atoms with Crippen molar-refractivity contribution in [3.8, 4) is 11.5 Å². The highest BCUT2D eigenvalue weighted by molar-refractivity contribution is 5.97. The van der Waals surface area contributed by atoms with Crippen LogP contribution in [0, 0.1) is 6.92 Å². The van der Waals surface area contributed by atoms with Crippen LogP contribution < -0.4 is 14.8 Å². The lowest BCUT2D eigenvalue weighted by Gasteiger charge is -2.16. The molecule has 2 aromatic rings. The number of nitrogens with one attached hydrogen (secondary N) is 1. The standard InChI is InChI=1S/C19H21NO5/c1-12-8-14(10-15(9-12)19(22)23)18(21)20-11-13(2)25-17-6-4-16(24-3)5-7-17/h4-10,13H,11H2,1-3H3,(H,20,21)(H,22,23). The van der Waals surface area contributed by atoms with Gasteiger partial charge in [-0.3, -0.25) is 4.79 Å². The van der Waals surface area contributed by atoms with Crippen molar-refractivity contribution in [3.05, 3.63) is 59.2 Å². The minimum atomic E-state index is -1.06. The van der Waals surface area contributed by atoms with Gasteiger partial charge in [0.1, 0.15) is 17.6 Å². The molecule has 25 heavy (non-hydrogen) atoms. The number of rotatable bonds is 7. The van der Waals surface area contributed by atoms with E-state index in [1.165, 1.54) is 12.1 Å². The van der Waals surface area contributed by atoms with Gasteiger partial charge in [0, 0.05) is 5.56 Å². The molecule has 0 saturated heterocycles. The minimum Gasteiger partial charge on any atom is -0.497 e. The van der Waals surface area contributed by atoms with Crippen molar-refractivity contribution >= 4 is 11.9 Å². The Morgan fingerprint density at radius 2 is 1.68 bits per heavy atom. The third kappa shape index (κ3) is 5.24. The van der Waals surface area contributed by atoms with Gasteiger partial charge in [-0.25, -0.2) is 4.79 Å². The third-order valence-corrected chi connectivity index (χ3v) is 3.53. The van der Waals surface area contributed by atoms with Crippen LogP contribution in [0.5, 0.6) is 11.5 Å². The molecule has 2 rings (SSSR count). The maximum absolute atomic E-state index is 12.2. The SMILES string of the molecule is COc1ccc(OC(C)CNC(=O)c2cc(C)cc(C(=O)O)c2)cc1. The molecular weight excluding hydrogens is 322 g/mol. The number of hydrogen-bond donors (Lipinski definition) is 2. The highest BCUT2D eigenvalue weighted by Gasteiger charge is 2.12. The van der Waals surface area contributed by atoms with E-state index in [0.29, 0.717) is 23.4 Å². The minimum absolute atomic E-state index is 0.0904. The summed E-state index contributed by atoms with van der Waals surface area (Å²) >= 11 is 0. The van der Waals surface area contributed by atoms with Crippen LogP contribution >= 0.6 is 0 Å². The van der Waals surface area contributed by atoms with Crippen LogP contribution in [0.1, 0.15) is 33.2 Å². The number of carboxylic acid groups (broad SMARTS) is 1. The molecule has 6 heteroatoms. The van der Waals surface area contributed by atoms with Crippen LogP contribution in [0.2, 0.25) is 0 Å². The average Bonchev–Trinajstić information content (AvgIpc) is 2.59. The van der Waals surface area contributed by atoms with E-state index in [9.17, 15) is 9.59 Å². The Labute approximate surface area is 146 Å². The molecule has 132 valence electrons. The Hall–Kier alpha value is -3.02. The van der Waals surface area contributed by atoms with Crippen LogP contribution in [0.4, 0.5) is 0 Å². The molecule has 6 nitrogen and oxygen atoms in total. The quantitative estimate of drug-likeness (QED) is 0.807. The summed E-state index contributed by atoms with van der Waals surface area (Å²) in [4.78, 5) is 23.3. The molecule has 1 amide bonds. The van der Waals surface area contributed by atoms with Crippen molar-refractivity contribution in [1.29, 1.82) is 0 Å². The molecule has 0 heterocycles. The second-order valence-corrected chi connectivity index (χ2v) is 5.71. The number of ether oxygens (including phenoxy) is 2. The number of aromatic carboxylic acids is 1. The molecule has 0 radical (unpaired) electrons. The molecule has 0 bridgehead atoms. The number of carbonyl (C=O) groups excluding carboxylic acids is 1. The van der Waals surface area contributed by atoms with Crippen molar-refractivity contribution in [2.24, 2.45) is 0 Å². The summed E-state index contributed by atoms with van der Waals surface area (Å²) in [5.41, 5.74) is 1.12. The van der Waals surface area contributed by atoms with E-state index in [0.717, 1.165) is 5.75 Å². The number of carbonyl (C=O) groups is 2. The topological polar surface area (TPSA) is 84.9 Å². The van der Waals surface area contributed by atoms with E-state index in [1.807, 2.05) is 6.92 Å². The Bertz CT molecular complexity index is 755. The number of aryl methyl sites for hydroxylation is 1. The van der Waals surface area contributed by atoms with Crippen LogP contribution in [0.3, 0.4) is 0 Å². The highest BCUT2D eigenvalue weighted by atomic mass is 16.5. The zero-order chi connectivity index (χ0) is 18.4. The Morgan fingerprint density at radius 1 is 1.08 bits per heavy atom. The zero-order valence-electron chi connectivity index (χ0n) is 14.4. The van der Waals surface area contributed by atoms with E-state index in [2.05, 4.69) is 5.32 Å². The van der Waals surface area contributed by atoms with Crippen LogP contribution in [-0.4, -0.2) is 36.7 Å². The van der Waals surface area contributed by atoms with Crippen LogP contribution in [0.15, 0.2) is 42.5 Å². The lowest BCUT2D eigenvalue weighted by molar-refractivity contribution is 0.0696. The average molecular weight is 343 g/mol. The van der Waals surface area contributed by atoms with Crippen molar-refractivity contribution < 1.29 is 24.2 Å². The van der Waals surface area contributed by atoms with Crippen molar-refractivity contribution in [1.82, 2.24) is 5.32 Å². The van der Waals surface area contributed by atoms with Gasteiger partial charge < -0.3 is 19.9 Å². The lowest BCUT2D eigenvalue weighted by atomic mass is 10.1. The summed E-state index contributed by atoms with van der Waals surface area (Å²) in [6, 6.07) is 11.7.